The van der Waals surface area contributed by atoms with Gasteiger partial charge in [-0.1, -0.05) is 18.6 Å². The lowest BCUT2D eigenvalue weighted by atomic mass is 9.81. The summed E-state index contributed by atoms with van der Waals surface area (Å²) >= 11 is 0. The Morgan fingerprint density at radius 2 is 2.20 bits per heavy atom. The van der Waals surface area contributed by atoms with E-state index in [4.69, 9.17) is 0 Å². The fourth-order valence-electron chi connectivity index (χ4n) is 4.43. The number of H-pyrrole nitrogens is 1. The molecule has 1 aromatic heterocycles. The van der Waals surface area contributed by atoms with Gasteiger partial charge in [-0.3, -0.25) is 9.59 Å². The number of aromatic nitrogens is 2. The van der Waals surface area contributed by atoms with Crippen LogP contribution < -0.4 is 5.56 Å². The van der Waals surface area contributed by atoms with Crippen molar-refractivity contribution in [1.82, 2.24) is 14.9 Å². The third-order valence-corrected chi connectivity index (χ3v) is 5.69. The highest BCUT2D eigenvalue weighted by atomic mass is 35.5. The molecule has 0 unspecified atom stereocenters. The summed E-state index contributed by atoms with van der Waals surface area (Å²) in [6.45, 7) is 2.18. The van der Waals surface area contributed by atoms with Gasteiger partial charge in [0.15, 0.2) is 0 Å². The van der Waals surface area contributed by atoms with Gasteiger partial charge in [0.25, 0.3) is 5.56 Å². The predicted octanol–water partition coefficient (Wildman–Crippen LogP) is 2.07. The zero-order valence-corrected chi connectivity index (χ0v) is 14.7. The van der Waals surface area contributed by atoms with E-state index in [1.807, 2.05) is 18.2 Å². The van der Waals surface area contributed by atoms with E-state index in [0.29, 0.717) is 29.7 Å². The number of aliphatic carboxylic acids is 1. The third-order valence-electron chi connectivity index (χ3n) is 5.69. The number of fused-ring (bicyclic) bond motifs is 2. The van der Waals surface area contributed by atoms with Crippen molar-refractivity contribution in [2.45, 2.75) is 25.7 Å². The number of aromatic amines is 1. The smallest absolute Gasteiger partial charge is 0.311 e. The Morgan fingerprint density at radius 3 is 2.96 bits per heavy atom. The highest BCUT2D eigenvalue weighted by Gasteiger charge is 2.54. The SMILES string of the molecule is Cl.O=C(O)[C@@]12CCC[C@H]1CN(CCc1nc3ccccc3c(=O)[nH]1)C2. The third kappa shape index (κ3) is 3.04. The molecular weight excluding hydrogens is 342 g/mol. The van der Waals surface area contributed by atoms with Gasteiger partial charge in [-0.15, -0.1) is 12.4 Å². The van der Waals surface area contributed by atoms with Crippen LogP contribution >= 0.6 is 12.4 Å². The monoisotopic (exact) mass is 363 g/mol. The molecule has 1 saturated carbocycles. The summed E-state index contributed by atoms with van der Waals surface area (Å²) in [6.07, 6.45) is 3.44. The summed E-state index contributed by atoms with van der Waals surface area (Å²) in [5.74, 6) is 0.281. The lowest BCUT2D eigenvalue weighted by Crippen LogP contribution is -2.36. The Balaban J connectivity index is 0.00000182. The van der Waals surface area contributed by atoms with E-state index >= 15 is 0 Å². The summed E-state index contributed by atoms with van der Waals surface area (Å²) in [6, 6.07) is 7.31. The molecule has 4 rings (SSSR count). The van der Waals surface area contributed by atoms with Crippen molar-refractivity contribution < 1.29 is 9.90 Å². The first kappa shape index (κ1) is 17.9. The maximum Gasteiger partial charge on any atom is 0.311 e. The molecule has 2 atom stereocenters. The van der Waals surface area contributed by atoms with E-state index in [0.717, 1.165) is 32.4 Å². The lowest BCUT2D eigenvalue weighted by Gasteiger charge is -2.23. The standard InChI is InChI=1S/C18H21N3O3.ClH/c22-16-13-5-1-2-6-14(13)19-15(20-16)7-9-21-10-12-4-3-8-18(12,11-21)17(23)24;/h1-2,5-6,12H,3-4,7-11H2,(H,23,24)(H,19,20,22);1H/t12-,18+;/m0./s1. The first-order valence-corrected chi connectivity index (χ1v) is 8.52. The van der Waals surface area contributed by atoms with Crippen LogP contribution in [0.1, 0.15) is 25.1 Å². The predicted molar refractivity (Wildman–Crippen MR) is 97.2 cm³/mol. The van der Waals surface area contributed by atoms with E-state index < -0.39 is 11.4 Å². The molecule has 0 radical (unpaired) electrons. The molecule has 2 aliphatic rings. The number of nitrogens with zero attached hydrogens (tertiary/aromatic N) is 2. The number of carboxylic acid groups (broad SMARTS) is 1. The number of para-hydroxylation sites is 1. The first-order valence-electron chi connectivity index (χ1n) is 8.52. The van der Waals surface area contributed by atoms with Crippen LogP contribution in [-0.4, -0.2) is 45.6 Å². The van der Waals surface area contributed by atoms with Crippen molar-refractivity contribution in [3.8, 4) is 0 Å². The first-order chi connectivity index (χ1) is 11.6. The Bertz CT molecular complexity index is 853. The second-order valence-corrected chi connectivity index (χ2v) is 7.07. The number of hydrogen-bond donors (Lipinski definition) is 2. The van der Waals surface area contributed by atoms with Crippen LogP contribution in [0.4, 0.5) is 0 Å². The molecule has 1 aliphatic heterocycles. The molecule has 1 aliphatic carbocycles. The minimum atomic E-state index is -0.648. The largest absolute Gasteiger partial charge is 0.481 e. The summed E-state index contributed by atoms with van der Waals surface area (Å²) in [7, 11) is 0. The fraction of sp³-hybridized carbons (Fsp3) is 0.500. The molecule has 2 aromatic rings. The Hall–Kier alpha value is -1.92. The molecule has 2 heterocycles. The van der Waals surface area contributed by atoms with Crippen LogP contribution in [0.25, 0.3) is 10.9 Å². The Labute approximate surface area is 151 Å². The van der Waals surface area contributed by atoms with Crippen LogP contribution in [0.15, 0.2) is 29.1 Å². The molecule has 6 nitrogen and oxygen atoms in total. The van der Waals surface area contributed by atoms with Gasteiger partial charge in [0, 0.05) is 26.1 Å². The minimum absolute atomic E-state index is 0. The van der Waals surface area contributed by atoms with E-state index in [1.54, 1.807) is 6.07 Å². The highest BCUT2D eigenvalue weighted by molar-refractivity contribution is 5.85. The number of benzene rings is 1. The summed E-state index contributed by atoms with van der Waals surface area (Å²) in [5, 5.41) is 10.2. The van der Waals surface area contributed by atoms with Crippen molar-refractivity contribution >= 4 is 29.3 Å². The van der Waals surface area contributed by atoms with Crippen molar-refractivity contribution in [1.29, 1.82) is 0 Å². The number of halogens is 1. The zero-order chi connectivity index (χ0) is 16.7. The quantitative estimate of drug-likeness (QED) is 0.868. The van der Waals surface area contributed by atoms with Crippen LogP contribution in [0.3, 0.4) is 0 Å². The Kier molecular flexibility index (Phi) is 4.84. The van der Waals surface area contributed by atoms with E-state index in [2.05, 4.69) is 14.9 Å². The average Bonchev–Trinajstić information content (AvgIpc) is 3.11. The van der Waals surface area contributed by atoms with Gasteiger partial charge in [0.2, 0.25) is 0 Å². The van der Waals surface area contributed by atoms with Crippen LogP contribution in [0.5, 0.6) is 0 Å². The van der Waals surface area contributed by atoms with E-state index in [9.17, 15) is 14.7 Å². The lowest BCUT2D eigenvalue weighted by molar-refractivity contribution is -0.149. The molecule has 0 bridgehead atoms. The molecule has 7 heteroatoms. The number of likely N-dealkylation sites (tertiary alicyclic amines) is 1. The van der Waals surface area contributed by atoms with Gasteiger partial charge in [-0.05, 0) is 30.9 Å². The molecular formula is C18H22ClN3O3. The summed E-state index contributed by atoms with van der Waals surface area (Å²) in [5.41, 5.74) is 0.0389. The molecule has 1 saturated heterocycles. The van der Waals surface area contributed by atoms with Crippen LogP contribution in [-0.2, 0) is 11.2 Å². The second kappa shape index (κ2) is 6.77. The van der Waals surface area contributed by atoms with Gasteiger partial charge < -0.3 is 15.0 Å². The average molecular weight is 364 g/mol. The highest BCUT2D eigenvalue weighted by Crippen LogP contribution is 2.48. The second-order valence-electron chi connectivity index (χ2n) is 7.07. The van der Waals surface area contributed by atoms with Gasteiger partial charge in [-0.2, -0.15) is 0 Å². The minimum Gasteiger partial charge on any atom is -0.481 e. The molecule has 0 spiro atoms. The maximum atomic E-state index is 12.1. The van der Waals surface area contributed by atoms with Crippen molar-refractivity contribution in [2.24, 2.45) is 11.3 Å². The van der Waals surface area contributed by atoms with Crippen LogP contribution in [0.2, 0.25) is 0 Å². The van der Waals surface area contributed by atoms with Gasteiger partial charge in [-0.25, -0.2) is 4.98 Å². The van der Waals surface area contributed by atoms with Crippen LogP contribution in [0, 0.1) is 11.3 Å². The van der Waals surface area contributed by atoms with Gasteiger partial charge in [0.1, 0.15) is 5.82 Å². The number of rotatable bonds is 4. The molecule has 0 amide bonds. The maximum absolute atomic E-state index is 12.1. The molecule has 134 valence electrons. The van der Waals surface area contributed by atoms with Crippen molar-refractivity contribution in [3.63, 3.8) is 0 Å². The number of nitrogens with one attached hydrogen (secondary N) is 1. The topological polar surface area (TPSA) is 86.3 Å². The Morgan fingerprint density at radius 1 is 1.40 bits per heavy atom. The molecule has 1 aromatic carbocycles. The van der Waals surface area contributed by atoms with Crippen molar-refractivity contribution in [2.75, 3.05) is 19.6 Å². The number of hydrogen-bond acceptors (Lipinski definition) is 4. The summed E-state index contributed by atoms with van der Waals surface area (Å²) < 4.78 is 0. The normalized spacial score (nSPS) is 25.7. The number of carbonyl (C=O) groups is 1. The molecule has 2 N–H and O–H groups in total. The molecule has 2 fully saturated rings. The summed E-state index contributed by atoms with van der Waals surface area (Å²) in [4.78, 5) is 33.4. The van der Waals surface area contributed by atoms with Crippen molar-refractivity contribution in [3.05, 3.63) is 40.4 Å². The molecule has 25 heavy (non-hydrogen) atoms. The van der Waals surface area contributed by atoms with E-state index in [-0.39, 0.29) is 23.9 Å². The zero-order valence-electron chi connectivity index (χ0n) is 13.9. The number of carboxylic acids is 1. The fourth-order valence-corrected chi connectivity index (χ4v) is 4.43. The van der Waals surface area contributed by atoms with Gasteiger partial charge >= 0.3 is 5.97 Å². The van der Waals surface area contributed by atoms with Gasteiger partial charge in [0.05, 0.1) is 16.3 Å². The van der Waals surface area contributed by atoms with E-state index in [1.165, 1.54) is 0 Å².